The molecule has 3 aromatic rings. The van der Waals surface area contributed by atoms with Gasteiger partial charge >= 0.3 is 12.3 Å². The lowest BCUT2D eigenvalue weighted by Gasteiger charge is -2.28. The summed E-state index contributed by atoms with van der Waals surface area (Å²) in [5, 5.41) is 9.74. The first-order chi connectivity index (χ1) is 16.8. The number of rotatable bonds is 11. The van der Waals surface area contributed by atoms with Crippen LogP contribution in [0, 0.1) is 0 Å². The van der Waals surface area contributed by atoms with Gasteiger partial charge in [-0.25, -0.2) is 4.79 Å². The summed E-state index contributed by atoms with van der Waals surface area (Å²) in [4.78, 5) is 12.7. The van der Waals surface area contributed by atoms with Crippen molar-refractivity contribution in [3.8, 4) is 22.1 Å². The number of aryl methyl sites for hydroxylation is 1. The van der Waals surface area contributed by atoms with Crippen molar-refractivity contribution in [3.63, 3.8) is 0 Å². The van der Waals surface area contributed by atoms with E-state index in [2.05, 4.69) is 11.3 Å². The highest BCUT2D eigenvalue weighted by molar-refractivity contribution is 7.15. The van der Waals surface area contributed by atoms with Crippen molar-refractivity contribution in [2.24, 2.45) is 0 Å². The molecule has 1 aromatic carbocycles. The van der Waals surface area contributed by atoms with E-state index in [1.807, 2.05) is 6.92 Å². The van der Waals surface area contributed by atoms with Gasteiger partial charge in [0, 0.05) is 34.9 Å². The fourth-order valence-corrected chi connectivity index (χ4v) is 4.79. The molecule has 1 unspecified atom stereocenters. The van der Waals surface area contributed by atoms with Gasteiger partial charge in [0.1, 0.15) is 27.6 Å². The van der Waals surface area contributed by atoms with Gasteiger partial charge in [0.25, 0.3) is 0 Å². The molecule has 0 aliphatic heterocycles. The van der Waals surface area contributed by atoms with E-state index >= 15 is 0 Å². The van der Waals surface area contributed by atoms with Crippen LogP contribution in [0.4, 0.5) is 13.2 Å². The fourth-order valence-electron chi connectivity index (χ4n) is 3.71. The maximum Gasteiger partial charge on any atom is 0.573 e. The van der Waals surface area contributed by atoms with Gasteiger partial charge in [-0.05, 0) is 64.8 Å². The van der Waals surface area contributed by atoms with Crippen molar-refractivity contribution in [2.75, 3.05) is 6.61 Å². The number of ether oxygens (including phenoxy) is 3. The van der Waals surface area contributed by atoms with Gasteiger partial charge in [0.2, 0.25) is 0 Å². The number of hydrogen-bond donors (Lipinski definition) is 1. The molecule has 0 aliphatic rings. The lowest BCUT2D eigenvalue weighted by Crippen LogP contribution is -2.33. The smallest absolute Gasteiger partial charge is 0.490 e. The summed E-state index contributed by atoms with van der Waals surface area (Å²) in [5.41, 5.74) is -0.0316. The van der Waals surface area contributed by atoms with E-state index in [-0.39, 0.29) is 29.1 Å². The summed E-state index contributed by atoms with van der Waals surface area (Å²) >= 11 is 1.13. The number of carbonyl (C=O) groups excluding carboxylic acids is 1. The third kappa shape index (κ3) is 7.51. The highest BCUT2D eigenvalue weighted by Gasteiger charge is 2.34. The first kappa shape index (κ1) is 27.6. The largest absolute Gasteiger partial charge is 0.573 e. The van der Waals surface area contributed by atoms with Crippen LogP contribution in [0.2, 0.25) is 0 Å². The zero-order chi connectivity index (χ0) is 26.7. The predicted octanol–water partition coefficient (Wildman–Crippen LogP) is 7.04. The Morgan fingerprint density at radius 3 is 2.58 bits per heavy atom. The normalized spacial score (nSPS) is 13.0. The summed E-state index contributed by atoms with van der Waals surface area (Å²) in [5.74, 6) is -0.0723. The molecule has 3 rings (SSSR count). The minimum absolute atomic E-state index is 0.0674. The average Bonchev–Trinajstić information content (AvgIpc) is 3.33. The number of hydrogen-bond acceptors (Lipinski definition) is 7. The Kier molecular flexibility index (Phi) is 8.40. The van der Waals surface area contributed by atoms with Crippen molar-refractivity contribution >= 4 is 28.3 Å². The van der Waals surface area contributed by atoms with E-state index in [4.69, 9.17) is 19.0 Å². The molecular weight excluding hydrogens is 497 g/mol. The standard InChI is InChI=1S/C26H29F3O6S/c1-15(2)24(31)35-25(4,5)14-16(3)32-18-9-8-17-11-21(33-20(17)12-18)23-22(34-26(27,28)29)13-19(36-23)7-6-10-30/h8-9,11-13,16,30H,1,6-7,10,14H2,2-5H3. The van der Waals surface area contributed by atoms with Gasteiger partial charge in [-0.1, -0.05) is 6.58 Å². The van der Waals surface area contributed by atoms with Crippen molar-refractivity contribution in [1.29, 1.82) is 0 Å². The van der Waals surface area contributed by atoms with E-state index in [0.29, 0.717) is 46.4 Å². The van der Waals surface area contributed by atoms with Crippen LogP contribution in [0.25, 0.3) is 21.6 Å². The SMILES string of the molecule is C=C(C)C(=O)OC(C)(C)CC(C)Oc1ccc2cc(-c3sc(CCCO)cc3OC(F)(F)F)oc2c1. The third-order valence-electron chi connectivity index (χ3n) is 5.11. The molecule has 0 saturated carbocycles. The van der Waals surface area contributed by atoms with Gasteiger partial charge in [-0.15, -0.1) is 24.5 Å². The molecule has 6 nitrogen and oxygen atoms in total. The van der Waals surface area contributed by atoms with Gasteiger partial charge in [0.05, 0.1) is 6.10 Å². The maximum atomic E-state index is 13.0. The van der Waals surface area contributed by atoms with Crippen LogP contribution in [0.5, 0.6) is 11.5 Å². The van der Waals surface area contributed by atoms with E-state index in [9.17, 15) is 18.0 Å². The van der Waals surface area contributed by atoms with E-state index in [0.717, 1.165) is 11.3 Å². The molecule has 36 heavy (non-hydrogen) atoms. The molecule has 0 aliphatic carbocycles. The highest BCUT2D eigenvalue weighted by Crippen LogP contribution is 2.43. The number of aliphatic hydroxyl groups excluding tert-OH is 1. The van der Waals surface area contributed by atoms with Crippen LogP contribution >= 0.6 is 11.3 Å². The monoisotopic (exact) mass is 526 g/mol. The van der Waals surface area contributed by atoms with E-state index in [1.165, 1.54) is 6.07 Å². The van der Waals surface area contributed by atoms with Gasteiger partial charge < -0.3 is 23.7 Å². The van der Waals surface area contributed by atoms with Crippen LogP contribution < -0.4 is 9.47 Å². The second-order valence-electron chi connectivity index (χ2n) is 9.15. The number of halogens is 3. The average molecular weight is 527 g/mol. The second-order valence-corrected chi connectivity index (χ2v) is 10.3. The van der Waals surface area contributed by atoms with Crippen LogP contribution in [0.15, 0.2) is 46.9 Å². The minimum Gasteiger partial charge on any atom is -0.490 e. The van der Waals surface area contributed by atoms with Crippen LogP contribution in [-0.4, -0.2) is 35.8 Å². The molecular formula is C26H29F3O6S. The van der Waals surface area contributed by atoms with Gasteiger partial charge in [-0.2, -0.15) is 0 Å². The number of furan rings is 1. The molecule has 0 spiro atoms. The molecule has 2 heterocycles. The van der Waals surface area contributed by atoms with Crippen LogP contribution in [0.3, 0.4) is 0 Å². The predicted molar refractivity (Wildman–Crippen MR) is 131 cm³/mol. The number of aliphatic hydroxyl groups is 1. The summed E-state index contributed by atoms with van der Waals surface area (Å²) < 4.78 is 60.5. The summed E-state index contributed by atoms with van der Waals surface area (Å²) in [7, 11) is 0. The number of esters is 1. The number of carbonyl (C=O) groups is 1. The molecule has 0 bridgehead atoms. The molecule has 1 atom stereocenters. The van der Waals surface area contributed by atoms with Crippen molar-refractivity contribution in [3.05, 3.63) is 47.4 Å². The number of fused-ring (bicyclic) bond motifs is 1. The Morgan fingerprint density at radius 2 is 1.94 bits per heavy atom. The summed E-state index contributed by atoms with van der Waals surface area (Å²) in [6.07, 6.45) is -3.91. The number of thiophene rings is 1. The van der Waals surface area contributed by atoms with Crippen molar-refractivity contribution in [2.45, 2.75) is 65.0 Å². The summed E-state index contributed by atoms with van der Waals surface area (Å²) in [6, 6.07) is 8.12. The lowest BCUT2D eigenvalue weighted by atomic mass is 10.0. The second kappa shape index (κ2) is 11.0. The minimum atomic E-state index is -4.85. The quantitative estimate of drug-likeness (QED) is 0.213. The van der Waals surface area contributed by atoms with E-state index in [1.54, 1.807) is 45.0 Å². The lowest BCUT2D eigenvalue weighted by molar-refractivity contribution is -0.274. The number of benzene rings is 1. The third-order valence-corrected chi connectivity index (χ3v) is 6.30. The van der Waals surface area contributed by atoms with E-state index < -0.39 is 17.9 Å². The van der Waals surface area contributed by atoms with Gasteiger partial charge in [0.15, 0.2) is 5.75 Å². The summed E-state index contributed by atoms with van der Waals surface area (Å²) in [6.45, 7) is 10.5. The first-order valence-electron chi connectivity index (χ1n) is 11.3. The molecule has 0 saturated heterocycles. The zero-order valence-electron chi connectivity index (χ0n) is 20.5. The fraction of sp³-hybridized carbons (Fsp3) is 0.423. The molecule has 0 amide bonds. The van der Waals surface area contributed by atoms with Crippen LogP contribution in [-0.2, 0) is 16.0 Å². The zero-order valence-corrected chi connectivity index (χ0v) is 21.3. The molecule has 0 radical (unpaired) electrons. The first-order valence-corrected chi connectivity index (χ1v) is 12.2. The van der Waals surface area contributed by atoms with Crippen molar-refractivity contribution < 1.29 is 41.7 Å². The Balaban J connectivity index is 1.80. The molecule has 196 valence electrons. The number of alkyl halides is 3. The Morgan fingerprint density at radius 1 is 1.22 bits per heavy atom. The molecule has 0 fully saturated rings. The Labute approximate surface area is 211 Å². The molecule has 1 N–H and O–H groups in total. The molecule has 2 aromatic heterocycles. The maximum absolute atomic E-state index is 13.0. The van der Waals surface area contributed by atoms with Crippen LogP contribution in [0.1, 0.15) is 45.4 Å². The highest BCUT2D eigenvalue weighted by atomic mass is 32.1. The topological polar surface area (TPSA) is 78.1 Å². The Bertz CT molecular complexity index is 1220. The van der Waals surface area contributed by atoms with Gasteiger partial charge in [-0.3, -0.25) is 0 Å². The van der Waals surface area contributed by atoms with Crippen molar-refractivity contribution in [1.82, 2.24) is 0 Å². The Hall–Kier alpha value is -2.98. The molecule has 10 heteroatoms.